The maximum absolute atomic E-state index is 12.1. The standard InChI is InChI=1S/C28H40O15/c1-2-25(29)42-19-17-40-15-13-38-11-9-36-7-5-35-6-8-37-10-12-39-14-16-41-18-20-43-28(34)22-3-4-23(26(30)31)24(21-22)27(32)33/h2-4,21H,1,5-20H2,(H,30,31)(H,32,33). The van der Waals surface area contributed by atoms with Crippen LogP contribution in [0.2, 0.25) is 0 Å². The summed E-state index contributed by atoms with van der Waals surface area (Å²) in [6, 6.07) is 3.19. The Bertz CT molecular complexity index is 965. The number of carbonyl (C=O) groups excluding carboxylic acids is 2. The van der Waals surface area contributed by atoms with E-state index in [2.05, 4.69) is 6.58 Å². The Labute approximate surface area is 249 Å². The molecule has 0 aromatic heterocycles. The van der Waals surface area contributed by atoms with Crippen molar-refractivity contribution in [3.8, 4) is 0 Å². The normalized spacial score (nSPS) is 10.8. The van der Waals surface area contributed by atoms with Crippen LogP contribution in [0, 0.1) is 0 Å². The summed E-state index contributed by atoms with van der Waals surface area (Å²) in [7, 11) is 0. The van der Waals surface area contributed by atoms with Gasteiger partial charge in [-0.3, -0.25) is 0 Å². The molecule has 0 spiro atoms. The largest absolute Gasteiger partial charge is 0.478 e. The fourth-order valence-corrected chi connectivity index (χ4v) is 2.99. The number of carbonyl (C=O) groups is 4. The molecule has 0 fully saturated rings. The molecule has 0 aliphatic carbocycles. The third kappa shape index (κ3) is 19.4. The maximum Gasteiger partial charge on any atom is 0.338 e. The molecular formula is C28H40O15. The Morgan fingerprint density at radius 3 is 1.23 bits per heavy atom. The Morgan fingerprint density at radius 2 is 0.884 bits per heavy atom. The molecule has 0 aliphatic rings. The van der Waals surface area contributed by atoms with Crippen molar-refractivity contribution in [3.05, 3.63) is 47.5 Å². The SMILES string of the molecule is C=CC(=O)OCCOCCOCCOCCOCCOCCOCCOCCOC(=O)c1ccc(C(=O)O)c(C(=O)O)c1. The van der Waals surface area contributed by atoms with Gasteiger partial charge in [0, 0.05) is 6.08 Å². The van der Waals surface area contributed by atoms with Gasteiger partial charge in [0.05, 0.1) is 109 Å². The van der Waals surface area contributed by atoms with Gasteiger partial charge in [0.2, 0.25) is 0 Å². The van der Waals surface area contributed by atoms with Gasteiger partial charge in [-0.2, -0.15) is 0 Å². The van der Waals surface area contributed by atoms with Gasteiger partial charge in [-0.1, -0.05) is 6.58 Å². The number of esters is 2. The Morgan fingerprint density at radius 1 is 0.535 bits per heavy atom. The number of carboxylic acids is 2. The van der Waals surface area contributed by atoms with Crippen LogP contribution in [-0.4, -0.2) is 140 Å². The Hall–Kier alpha value is -3.44. The zero-order chi connectivity index (χ0) is 31.5. The van der Waals surface area contributed by atoms with Crippen molar-refractivity contribution in [2.24, 2.45) is 0 Å². The quantitative estimate of drug-likeness (QED) is 0.0771. The molecule has 0 unspecified atom stereocenters. The van der Waals surface area contributed by atoms with E-state index >= 15 is 0 Å². The minimum absolute atomic E-state index is 0.0709. The number of ether oxygens (including phenoxy) is 9. The van der Waals surface area contributed by atoms with Gasteiger partial charge in [-0.05, 0) is 18.2 Å². The molecule has 1 aromatic carbocycles. The molecule has 0 bridgehead atoms. The lowest BCUT2D eigenvalue weighted by atomic mass is 10.0. The zero-order valence-electron chi connectivity index (χ0n) is 24.0. The van der Waals surface area contributed by atoms with Crippen LogP contribution in [-0.2, 0) is 47.4 Å². The maximum atomic E-state index is 12.1. The molecule has 0 heterocycles. The van der Waals surface area contributed by atoms with Crippen molar-refractivity contribution in [1.82, 2.24) is 0 Å². The fraction of sp³-hybridized carbons (Fsp3) is 0.571. The van der Waals surface area contributed by atoms with E-state index in [-0.39, 0.29) is 32.0 Å². The van der Waals surface area contributed by atoms with Crippen LogP contribution < -0.4 is 0 Å². The first-order valence-corrected chi connectivity index (χ1v) is 13.5. The van der Waals surface area contributed by atoms with Crippen molar-refractivity contribution in [1.29, 1.82) is 0 Å². The molecule has 0 atom stereocenters. The van der Waals surface area contributed by atoms with Crippen molar-refractivity contribution in [3.63, 3.8) is 0 Å². The van der Waals surface area contributed by atoms with Crippen molar-refractivity contribution >= 4 is 23.9 Å². The highest BCUT2D eigenvalue weighted by Gasteiger charge is 2.19. The van der Waals surface area contributed by atoms with Gasteiger partial charge in [-0.25, -0.2) is 19.2 Å². The highest BCUT2D eigenvalue weighted by atomic mass is 16.6. The third-order valence-electron chi connectivity index (χ3n) is 5.05. The minimum Gasteiger partial charge on any atom is -0.478 e. The van der Waals surface area contributed by atoms with Crippen LogP contribution in [0.3, 0.4) is 0 Å². The molecule has 0 saturated carbocycles. The molecule has 2 N–H and O–H groups in total. The van der Waals surface area contributed by atoms with Gasteiger partial charge >= 0.3 is 23.9 Å². The number of aromatic carboxylic acids is 2. The average molecular weight is 617 g/mol. The van der Waals surface area contributed by atoms with E-state index in [9.17, 15) is 19.2 Å². The van der Waals surface area contributed by atoms with E-state index in [1.165, 1.54) is 6.07 Å². The highest BCUT2D eigenvalue weighted by Crippen LogP contribution is 2.13. The molecular weight excluding hydrogens is 576 g/mol. The van der Waals surface area contributed by atoms with Gasteiger partial charge in [0.25, 0.3) is 0 Å². The predicted octanol–water partition coefficient (Wildman–Crippen LogP) is 1.09. The third-order valence-corrected chi connectivity index (χ3v) is 5.05. The van der Waals surface area contributed by atoms with Crippen molar-refractivity contribution in [2.45, 2.75) is 0 Å². The second kappa shape index (κ2) is 25.1. The predicted molar refractivity (Wildman–Crippen MR) is 148 cm³/mol. The second-order valence-electron chi connectivity index (χ2n) is 8.16. The summed E-state index contributed by atoms with van der Waals surface area (Å²) in [5.74, 6) is -4.14. The summed E-state index contributed by atoms with van der Waals surface area (Å²) in [5, 5.41) is 18.1. The topological polar surface area (TPSA) is 192 Å². The summed E-state index contributed by atoms with van der Waals surface area (Å²) in [5.41, 5.74) is -0.998. The van der Waals surface area contributed by atoms with Crippen molar-refractivity contribution in [2.75, 3.05) is 106 Å². The lowest BCUT2D eigenvalue weighted by molar-refractivity contribution is -0.139. The van der Waals surface area contributed by atoms with Crippen LogP contribution in [0.5, 0.6) is 0 Å². The molecule has 1 aromatic rings. The number of benzene rings is 1. The molecule has 15 nitrogen and oxygen atoms in total. The van der Waals surface area contributed by atoms with E-state index in [1.54, 1.807) is 0 Å². The average Bonchev–Trinajstić information content (AvgIpc) is 3.00. The summed E-state index contributed by atoms with van der Waals surface area (Å²) >= 11 is 0. The molecule has 0 radical (unpaired) electrons. The van der Waals surface area contributed by atoms with E-state index in [0.29, 0.717) is 79.3 Å². The number of hydrogen-bond acceptors (Lipinski definition) is 13. The van der Waals surface area contributed by atoms with Crippen LogP contribution >= 0.6 is 0 Å². The Balaban J connectivity index is 1.83. The smallest absolute Gasteiger partial charge is 0.338 e. The summed E-state index contributed by atoms with van der Waals surface area (Å²) in [6.45, 7) is 8.50. The lowest BCUT2D eigenvalue weighted by Gasteiger charge is -2.09. The van der Waals surface area contributed by atoms with Crippen LogP contribution in [0.15, 0.2) is 30.9 Å². The molecule has 0 aliphatic heterocycles. The van der Waals surface area contributed by atoms with E-state index < -0.39 is 35.0 Å². The monoisotopic (exact) mass is 616 g/mol. The number of carboxylic acid groups (broad SMARTS) is 2. The van der Waals surface area contributed by atoms with Gasteiger partial charge < -0.3 is 52.8 Å². The molecule has 242 valence electrons. The van der Waals surface area contributed by atoms with Gasteiger partial charge in [0.15, 0.2) is 0 Å². The molecule has 1 rings (SSSR count). The van der Waals surface area contributed by atoms with E-state index in [1.807, 2.05) is 0 Å². The lowest BCUT2D eigenvalue weighted by Crippen LogP contribution is -2.16. The molecule has 43 heavy (non-hydrogen) atoms. The summed E-state index contributed by atoms with van der Waals surface area (Å²) < 4.78 is 47.2. The van der Waals surface area contributed by atoms with E-state index in [0.717, 1.165) is 18.2 Å². The second-order valence-corrected chi connectivity index (χ2v) is 8.16. The molecule has 15 heteroatoms. The van der Waals surface area contributed by atoms with E-state index in [4.69, 9.17) is 52.8 Å². The molecule has 0 saturated heterocycles. The van der Waals surface area contributed by atoms with Crippen LogP contribution in [0.25, 0.3) is 0 Å². The van der Waals surface area contributed by atoms with Crippen LogP contribution in [0.4, 0.5) is 0 Å². The van der Waals surface area contributed by atoms with Crippen molar-refractivity contribution < 1.29 is 72.0 Å². The fourth-order valence-electron chi connectivity index (χ4n) is 2.99. The first-order valence-electron chi connectivity index (χ1n) is 13.5. The minimum atomic E-state index is -1.46. The number of hydrogen-bond donors (Lipinski definition) is 2. The zero-order valence-corrected chi connectivity index (χ0v) is 24.0. The first kappa shape index (κ1) is 37.6. The molecule has 0 amide bonds. The highest BCUT2D eigenvalue weighted by molar-refractivity contribution is 6.03. The van der Waals surface area contributed by atoms with Crippen LogP contribution in [0.1, 0.15) is 31.1 Å². The van der Waals surface area contributed by atoms with Gasteiger partial charge in [-0.15, -0.1) is 0 Å². The number of rotatable bonds is 28. The summed E-state index contributed by atoms with van der Waals surface area (Å²) in [6.07, 6.45) is 1.10. The first-order chi connectivity index (χ1) is 20.9. The van der Waals surface area contributed by atoms with Gasteiger partial charge in [0.1, 0.15) is 13.2 Å². The summed E-state index contributed by atoms with van der Waals surface area (Å²) in [4.78, 5) is 45.2. The Kier molecular flexibility index (Phi) is 21.9.